The Morgan fingerprint density at radius 1 is 1.26 bits per heavy atom. The zero-order valence-corrected chi connectivity index (χ0v) is 15.6. The van der Waals surface area contributed by atoms with Gasteiger partial charge in [0.25, 0.3) is 0 Å². The number of nitrogens with one attached hydrogen (secondary N) is 1. The molecule has 7 heteroatoms. The minimum absolute atomic E-state index is 0.385. The van der Waals surface area contributed by atoms with E-state index in [9.17, 15) is 4.79 Å². The Bertz CT molecular complexity index is 799. The third kappa shape index (κ3) is 5.27. The molecule has 0 aliphatic carbocycles. The number of carbonyl (C=O) groups is 1. The lowest BCUT2D eigenvalue weighted by Crippen LogP contribution is -2.37. The Balaban J connectivity index is 1.63. The minimum atomic E-state index is -0.464. The quantitative estimate of drug-likeness (QED) is 0.817. The van der Waals surface area contributed by atoms with Crippen molar-refractivity contribution in [1.29, 1.82) is 0 Å². The van der Waals surface area contributed by atoms with Gasteiger partial charge in [0.2, 0.25) is 5.95 Å². The molecule has 1 N–H and O–H groups in total. The highest BCUT2D eigenvalue weighted by molar-refractivity contribution is 5.68. The highest BCUT2D eigenvalue weighted by Crippen LogP contribution is 2.20. The third-order valence-corrected chi connectivity index (χ3v) is 4.29. The molecule has 0 unspecified atom stereocenters. The predicted molar refractivity (Wildman–Crippen MR) is 103 cm³/mol. The van der Waals surface area contributed by atoms with Gasteiger partial charge in [-0.1, -0.05) is 18.2 Å². The van der Waals surface area contributed by atoms with E-state index in [-0.39, 0.29) is 0 Å². The van der Waals surface area contributed by atoms with Crippen molar-refractivity contribution in [3.8, 4) is 11.1 Å². The molecule has 27 heavy (non-hydrogen) atoms. The summed E-state index contributed by atoms with van der Waals surface area (Å²) in [6, 6.07) is 7.91. The number of nitrogens with zero attached hydrogens (tertiary/aromatic N) is 3. The topological polar surface area (TPSA) is 76.6 Å². The van der Waals surface area contributed by atoms with Gasteiger partial charge < -0.3 is 19.7 Å². The van der Waals surface area contributed by atoms with Crippen molar-refractivity contribution in [3.63, 3.8) is 0 Å². The summed E-state index contributed by atoms with van der Waals surface area (Å²) in [6.45, 7) is 6.97. The van der Waals surface area contributed by atoms with E-state index in [1.807, 2.05) is 43.6 Å². The molecule has 1 saturated heterocycles. The number of aromatic nitrogens is 2. The highest BCUT2D eigenvalue weighted by Gasteiger charge is 2.13. The van der Waals surface area contributed by atoms with Crippen LogP contribution in [0.25, 0.3) is 11.1 Å². The summed E-state index contributed by atoms with van der Waals surface area (Å²) in [5.74, 6) is 1.29. The van der Waals surface area contributed by atoms with Crippen LogP contribution in [0.4, 0.5) is 10.7 Å². The van der Waals surface area contributed by atoms with E-state index in [0.717, 1.165) is 35.7 Å². The fourth-order valence-corrected chi connectivity index (χ4v) is 2.67. The molecule has 0 radical (unpaired) electrons. The van der Waals surface area contributed by atoms with Crippen LogP contribution in [-0.2, 0) is 16.0 Å². The Labute approximate surface area is 159 Å². The Hall–Kier alpha value is -2.93. The van der Waals surface area contributed by atoms with Crippen LogP contribution in [0.2, 0.25) is 0 Å². The number of anilines is 1. The second kappa shape index (κ2) is 9.14. The van der Waals surface area contributed by atoms with E-state index < -0.39 is 6.09 Å². The molecule has 2 heterocycles. The maximum absolute atomic E-state index is 11.7. The number of morpholine rings is 1. The molecule has 1 aliphatic rings. The van der Waals surface area contributed by atoms with Crippen molar-refractivity contribution in [2.24, 2.45) is 0 Å². The monoisotopic (exact) mass is 368 g/mol. The lowest BCUT2D eigenvalue weighted by molar-refractivity contribution is 0.122. The molecule has 142 valence electrons. The molecule has 3 rings (SSSR count). The molecule has 1 aromatic carbocycles. The zero-order chi connectivity index (χ0) is 19.1. The Morgan fingerprint density at radius 3 is 2.70 bits per heavy atom. The molecule has 1 aliphatic heterocycles. The van der Waals surface area contributed by atoms with Crippen molar-refractivity contribution >= 4 is 12.0 Å². The van der Waals surface area contributed by atoms with Crippen molar-refractivity contribution < 1.29 is 14.3 Å². The summed E-state index contributed by atoms with van der Waals surface area (Å²) in [6.07, 6.45) is 4.93. The summed E-state index contributed by atoms with van der Waals surface area (Å²) >= 11 is 0. The molecule has 1 amide bonds. The summed E-state index contributed by atoms with van der Waals surface area (Å²) in [4.78, 5) is 22.8. The number of allylic oxidation sites excluding steroid dienone is 2. The first kappa shape index (κ1) is 18.8. The van der Waals surface area contributed by atoms with Crippen LogP contribution in [0.5, 0.6) is 0 Å². The second-order valence-electron chi connectivity index (χ2n) is 6.21. The number of benzene rings is 1. The first-order valence-corrected chi connectivity index (χ1v) is 8.98. The summed E-state index contributed by atoms with van der Waals surface area (Å²) in [5, 5.41) is 2.74. The van der Waals surface area contributed by atoms with Crippen molar-refractivity contribution in [2.45, 2.75) is 20.4 Å². The SMILES string of the molecule is C/C=C(/C)OC(=O)NCc1cccc(-c2cnc(N3CCOCC3)nc2)c1. The van der Waals surface area contributed by atoms with Gasteiger partial charge in [0.05, 0.1) is 13.2 Å². The number of rotatable bonds is 5. The average Bonchev–Trinajstić information content (AvgIpc) is 2.73. The molecule has 2 aromatic rings. The van der Waals surface area contributed by atoms with Crippen molar-refractivity contribution in [3.05, 3.63) is 54.1 Å². The number of amides is 1. The van der Waals surface area contributed by atoms with Gasteiger partial charge in [0.15, 0.2) is 0 Å². The van der Waals surface area contributed by atoms with E-state index in [1.54, 1.807) is 13.0 Å². The van der Waals surface area contributed by atoms with E-state index in [1.165, 1.54) is 0 Å². The fourth-order valence-electron chi connectivity index (χ4n) is 2.67. The van der Waals surface area contributed by atoms with E-state index in [2.05, 4.69) is 20.2 Å². The average molecular weight is 368 g/mol. The van der Waals surface area contributed by atoms with Gasteiger partial charge in [-0.25, -0.2) is 14.8 Å². The number of hydrogen-bond donors (Lipinski definition) is 1. The fraction of sp³-hybridized carbons (Fsp3) is 0.350. The maximum atomic E-state index is 11.7. The first-order valence-electron chi connectivity index (χ1n) is 8.98. The van der Waals surface area contributed by atoms with Crippen LogP contribution in [0.1, 0.15) is 19.4 Å². The summed E-state index contributed by atoms with van der Waals surface area (Å²) < 4.78 is 10.4. The highest BCUT2D eigenvalue weighted by atomic mass is 16.6. The number of alkyl carbamates (subject to hydrolysis) is 1. The van der Waals surface area contributed by atoms with Gasteiger partial charge in [-0.3, -0.25) is 0 Å². The standard InChI is InChI=1S/C20H24N4O3/c1-3-15(2)27-20(25)23-12-16-5-4-6-17(11-16)18-13-21-19(22-14-18)24-7-9-26-10-8-24/h3-6,11,13-14H,7-10,12H2,1-2H3,(H,23,25)/b15-3-. The van der Waals surface area contributed by atoms with Gasteiger partial charge in [0, 0.05) is 37.6 Å². The molecular weight excluding hydrogens is 344 g/mol. The summed E-state index contributed by atoms with van der Waals surface area (Å²) in [7, 11) is 0. The van der Waals surface area contributed by atoms with E-state index in [0.29, 0.717) is 25.5 Å². The molecule has 1 aromatic heterocycles. The lowest BCUT2D eigenvalue weighted by Gasteiger charge is -2.26. The number of ether oxygens (including phenoxy) is 2. The van der Waals surface area contributed by atoms with Crippen LogP contribution in [0.3, 0.4) is 0 Å². The molecular formula is C20H24N4O3. The lowest BCUT2D eigenvalue weighted by atomic mass is 10.1. The molecule has 0 bridgehead atoms. The maximum Gasteiger partial charge on any atom is 0.412 e. The van der Waals surface area contributed by atoms with Gasteiger partial charge in [0.1, 0.15) is 5.76 Å². The van der Waals surface area contributed by atoms with Crippen molar-refractivity contribution in [2.75, 3.05) is 31.2 Å². The second-order valence-corrected chi connectivity index (χ2v) is 6.21. The normalized spacial score (nSPS) is 14.7. The van der Waals surface area contributed by atoms with Crippen LogP contribution in [0.15, 0.2) is 48.5 Å². The molecule has 1 fully saturated rings. The first-order chi connectivity index (χ1) is 13.2. The predicted octanol–water partition coefficient (Wildman–Crippen LogP) is 3.13. The molecule has 7 nitrogen and oxygen atoms in total. The van der Waals surface area contributed by atoms with Crippen LogP contribution >= 0.6 is 0 Å². The Morgan fingerprint density at radius 2 is 2.00 bits per heavy atom. The molecule has 0 saturated carbocycles. The zero-order valence-electron chi connectivity index (χ0n) is 15.6. The molecule has 0 atom stereocenters. The van der Waals surface area contributed by atoms with Crippen LogP contribution in [-0.4, -0.2) is 42.4 Å². The van der Waals surface area contributed by atoms with Gasteiger partial charge >= 0.3 is 6.09 Å². The minimum Gasteiger partial charge on any atom is -0.416 e. The van der Waals surface area contributed by atoms with Gasteiger partial charge in [-0.2, -0.15) is 0 Å². The number of hydrogen-bond acceptors (Lipinski definition) is 6. The number of carbonyl (C=O) groups excluding carboxylic acids is 1. The Kier molecular flexibility index (Phi) is 6.38. The largest absolute Gasteiger partial charge is 0.416 e. The van der Waals surface area contributed by atoms with E-state index >= 15 is 0 Å². The van der Waals surface area contributed by atoms with Gasteiger partial charge in [-0.15, -0.1) is 0 Å². The van der Waals surface area contributed by atoms with Gasteiger partial charge in [-0.05, 0) is 37.1 Å². The molecule has 0 spiro atoms. The van der Waals surface area contributed by atoms with Crippen LogP contribution in [0, 0.1) is 0 Å². The van der Waals surface area contributed by atoms with E-state index in [4.69, 9.17) is 9.47 Å². The smallest absolute Gasteiger partial charge is 0.412 e. The third-order valence-electron chi connectivity index (χ3n) is 4.29. The van der Waals surface area contributed by atoms with Crippen molar-refractivity contribution in [1.82, 2.24) is 15.3 Å². The van der Waals surface area contributed by atoms with Crippen LogP contribution < -0.4 is 10.2 Å². The summed E-state index contributed by atoms with van der Waals surface area (Å²) in [5.41, 5.74) is 2.90.